The second-order valence-corrected chi connectivity index (χ2v) is 10.7. The molecular weight excluding hydrogens is 436 g/mol. The van der Waals surface area contributed by atoms with Gasteiger partial charge in [0.15, 0.2) is 0 Å². The van der Waals surface area contributed by atoms with Crippen molar-refractivity contribution < 1.29 is 0 Å². The number of nitrogens with zero attached hydrogens (tertiary/aromatic N) is 1. The van der Waals surface area contributed by atoms with Gasteiger partial charge in [0.2, 0.25) is 0 Å². The topological polar surface area (TPSA) is 15.3 Å². The van der Waals surface area contributed by atoms with Gasteiger partial charge in [0.25, 0.3) is 0 Å². The number of nitrogens with one attached hydrogen (secondary N) is 1. The van der Waals surface area contributed by atoms with Gasteiger partial charge in [0.1, 0.15) is 0 Å². The molecule has 0 saturated heterocycles. The predicted octanol–water partition coefficient (Wildman–Crippen LogP) is 7.36. The minimum absolute atomic E-state index is 0.844. The van der Waals surface area contributed by atoms with Crippen molar-refractivity contribution in [2.75, 3.05) is 19.6 Å². The number of allylic oxidation sites excluding steroid dienone is 1. The molecule has 1 N–H and O–H groups in total. The molecule has 3 aromatic carbocycles. The number of hydrogen-bond acceptors (Lipinski definition) is 2. The summed E-state index contributed by atoms with van der Waals surface area (Å²) >= 11 is 0. The smallest absolute Gasteiger partial charge is 0.0409 e. The Kier molecular flexibility index (Phi) is 7.05. The van der Waals surface area contributed by atoms with E-state index in [0.29, 0.717) is 0 Å². The lowest BCUT2D eigenvalue weighted by Crippen LogP contribution is -2.27. The molecule has 1 aliphatic heterocycles. The highest BCUT2D eigenvalue weighted by Crippen LogP contribution is 2.41. The zero-order valence-corrected chi connectivity index (χ0v) is 21.4. The lowest BCUT2D eigenvalue weighted by atomic mass is 9.98. The van der Waals surface area contributed by atoms with Gasteiger partial charge in [-0.1, -0.05) is 84.9 Å². The SMILES string of the molecule is C(=C\c1ccccc1)/CCNC(=C1CC1)c1ccccc1CN1CCc2ccc(C3CC3)cc2CC1. The van der Waals surface area contributed by atoms with Crippen LogP contribution < -0.4 is 5.32 Å². The average Bonchev–Trinajstić information content (AvgIpc) is 3.82. The van der Waals surface area contributed by atoms with Crippen LogP contribution in [0.5, 0.6) is 0 Å². The molecule has 2 fully saturated rings. The lowest BCUT2D eigenvalue weighted by Gasteiger charge is -2.23. The van der Waals surface area contributed by atoms with Gasteiger partial charge in [0.05, 0.1) is 0 Å². The average molecular weight is 475 g/mol. The Hall–Kier alpha value is -3.10. The third-order valence-electron chi connectivity index (χ3n) is 7.93. The molecule has 3 aliphatic rings. The van der Waals surface area contributed by atoms with E-state index >= 15 is 0 Å². The quantitative estimate of drug-likeness (QED) is 0.326. The molecule has 2 saturated carbocycles. The summed E-state index contributed by atoms with van der Waals surface area (Å²) in [5.74, 6) is 0.844. The van der Waals surface area contributed by atoms with Crippen LogP contribution in [-0.4, -0.2) is 24.5 Å². The first kappa shape index (κ1) is 23.3. The molecular formula is C34H38N2. The Balaban J connectivity index is 1.10. The van der Waals surface area contributed by atoms with Crippen molar-refractivity contribution in [2.45, 2.75) is 57.4 Å². The van der Waals surface area contributed by atoms with Crippen LogP contribution in [0.4, 0.5) is 0 Å². The van der Waals surface area contributed by atoms with Crippen molar-refractivity contribution in [1.29, 1.82) is 0 Å². The lowest BCUT2D eigenvalue weighted by molar-refractivity contribution is 0.279. The molecule has 2 aliphatic carbocycles. The first-order chi connectivity index (χ1) is 17.8. The van der Waals surface area contributed by atoms with Crippen molar-refractivity contribution >= 4 is 11.8 Å². The Morgan fingerprint density at radius 1 is 0.833 bits per heavy atom. The fraction of sp³-hybridized carbons (Fsp3) is 0.353. The van der Waals surface area contributed by atoms with E-state index in [4.69, 9.17) is 0 Å². The molecule has 0 atom stereocenters. The van der Waals surface area contributed by atoms with Crippen molar-refractivity contribution in [3.63, 3.8) is 0 Å². The summed E-state index contributed by atoms with van der Waals surface area (Å²) in [5, 5.41) is 3.82. The number of hydrogen-bond donors (Lipinski definition) is 1. The maximum Gasteiger partial charge on any atom is 0.0409 e. The summed E-state index contributed by atoms with van der Waals surface area (Å²) < 4.78 is 0. The van der Waals surface area contributed by atoms with E-state index in [1.54, 1.807) is 22.3 Å². The highest BCUT2D eigenvalue weighted by atomic mass is 15.1. The second-order valence-electron chi connectivity index (χ2n) is 10.7. The van der Waals surface area contributed by atoms with Gasteiger partial charge in [-0.2, -0.15) is 0 Å². The highest BCUT2D eigenvalue weighted by molar-refractivity contribution is 5.72. The molecule has 2 heteroatoms. The summed E-state index contributed by atoms with van der Waals surface area (Å²) in [5.41, 5.74) is 11.9. The molecule has 3 aromatic rings. The molecule has 184 valence electrons. The van der Waals surface area contributed by atoms with Crippen molar-refractivity contribution in [3.05, 3.63) is 118 Å². The van der Waals surface area contributed by atoms with Crippen LogP contribution in [-0.2, 0) is 19.4 Å². The molecule has 2 nitrogen and oxygen atoms in total. The number of fused-ring (bicyclic) bond motifs is 1. The molecule has 0 amide bonds. The number of rotatable bonds is 9. The molecule has 0 spiro atoms. The molecule has 6 rings (SSSR count). The van der Waals surface area contributed by atoms with Crippen LogP contribution in [0.1, 0.15) is 71.4 Å². The van der Waals surface area contributed by atoms with Crippen LogP contribution >= 0.6 is 0 Å². The second kappa shape index (κ2) is 10.9. The monoisotopic (exact) mass is 474 g/mol. The maximum absolute atomic E-state index is 3.82. The number of benzene rings is 3. The standard InChI is InChI=1S/C34H38N2/c1-2-8-26(9-3-1)10-6-7-21-35-34(29-16-17-29)33-12-5-4-11-32(33)25-36-22-19-28-15-18-30(27-13-14-27)24-31(28)20-23-36/h1-6,8-12,15,18,24,27,35H,7,13-14,16-17,19-23,25H2/b10-6+. The Bertz CT molecular complexity index is 1240. The van der Waals surface area contributed by atoms with Crippen LogP contribution in [0.3, 0.4) is 0 Å². The van der Waals surface area contributed by atoms with E-state index in [-0.39, 0.29) is 0 Å². The third kappa shape index (κ3) is 5.82. The molecule has 0 radical (unpaired) electrons. The zero-order chi connectivity index (χ0) is 24.2. The Morgan fingerprint density at radius 3 is 2.42 bits per heavy atom. The minimum atomic E-state index is 0.844. The van der Waals surface area contributed by atoms with Gasteiger partial charge in [-0.25, -0.2) is 0 Å². The van der Waals surface area contributed by atoms with E-state index in [2.05, 4.69) is 95.2 Å². The van der Waals surface area contributed by atoms with Gasteiger partial charge in [0, 0.05) is 37.4 Å². The molecule has 0 unspecified atom stereocenters. The summed E-state index contributed by atoms with van der Waals surface area (Å²) in [6.07, 6.45) is 13.1. The molecule has 1 heterocycles. The van der Waals surface area contributed by atoms with Gasteiger partial charge >= 0.3 is 0 Å². The van der Waals surface area contributed by atoms with E-state index in [1.165, 1.54) is 60.9 Å². The minimum Gasteiger partial charge on any atom is -0.384 e. The summed E-state index contributed by atoms with van der Waals surface area (Å²) in [6, 6.07) is 27.0. The Labute approximate surface area is 216 Å². The third-order valence-corrected chi connectivity index (χ3v) is 7.93. The van der Waals surface area contributed by atoms with Crippen LogP contribution in [0.15, 0.2) is 84.4 Å². The van der Waals surface area contributed by atoms with Crippen LogP contribution in [0.25, 0.3) is 11.8 Å². The molecule has 36 heavy (non-hydrogen) atoms. The largest absolute Gasteiger partial charge is 0.384 e. The van der Waals surface area contributed by atoms with E-state index < -0.39 is 0 Å². The van der Waals surface area contributed by atoms with Gasteiger partial charge < -0.3 is 5.32 Å². The highest BCUT2D eigenvalue weighted by Gasteiger charge is 2.25. The van der Waals surface area contributed by atoms with Crippen molar-refractivity contribution in [2.24, 2.45) is 0 Å². The van der Waals surface area contributed by atoms with Gasteiger partial charge in [-0.15, -0.1) is 0 Å². The fourth-order valence-corrected chi connectivity index (χ4v) is 5.55. The van der Waals surface area contributed by atoms with E-state index in [0.717, 1.165) is 38.5 Å². The van der Waals surface area contributed by atoms with Gasteiger partial charge in [-0.05, 0) is 84.3 Å². The zero-order valence-electron chi connectivity index (χ0n) is 21.4. The van der Waals surface area contributed by atoms with E-state index in [1.807, 2.05) is 0 Å². The maximum atomic E-state index is 3.82. The first-order valence-corrected chi connectivity index (χ1v) is 13.9. The van der Waals surface area contributed by atoms with Crippen LogP contribution in [0, 0.1) is 0 Å². The molecule has 0 bridgehead atoms. The Morgan fingerprint density at radius 2 is 1.61 bits per heavy atom. The van der Waals surface area contributed by atoms with E-state index in [9.17, 15) is 0 Å². The molecule has 0 aromatic heterocycles. The van der Waals surface area contributed by atoms with Crippen molar-refractivity contribution in [1.82, 2.24) is 10.2 Å². The van der Waals surface area contributed by atoms with Crippen molar-refractivity contribution in [3.8, 4) is 0 Å². The summed E-state index contributed by atoms with van der Waals surface area (Å²) in [7, 11) is 0. The fourth-order valence-electron chi connectivity index (χ4n) is 5.55. The summed E-state index contributed by atoms with van der Waals surface area (Å²) in [4.78, 5) is 2.67. The first-order valence-electron chi connectivity index (χ1n) is 13.9. The van der Waals surface area contributed by atoms with Gasteiger partial charge in [-0.3, -0.25) is 4.90 Å². The normalized spacial score (nSPS) is 17.6. The summed E-state index contributed by atoms with van der Waals surface area (Å²) in [6.45, 7) is 4.30. The predicted molar refractivity (Wildman–Crippen MR) is 152 cm³/mol. The van der Waals surface area contributed by atoms with Crippen LogP contribution in [0.2, 0.25) is 0 Å².